The molecule has 9 rings (SSSR count). The van der Waals surface area contributed by atoms with Crippen molar-refractivity contribution in [2.45, 2.75) is 63.6 Å². The summed E-state index contributed by atoms with van der Waals surface area (Å²) in [5, 5.41) is 15.1. The monoisotopic (exact) mass is 866 g/mol. The number of pyridine rings is 2. The molecular weight excluding hydrogens is 816 g/mol. The van der Waals surface area contributed by atoms with Crippen LogP contribution in [0.2, 0.25) is 5.02 Å². The Morgan fingerprint density at radius 2 is 1.82 bits per heavy atom. The van der Waals surface area contributed by atoms with Gasteiger partial charge in [-0.3, -0.25) is 38.6 Å². The highest BCUT2D eigenvalue weighted by atomic mass is 35.5. The van der Waals surface area contributed by atoms with Crippen LogP contribution in [0, 0.1) is 5.92 Å². The molecule has 4 aliphatic heterocycles. The molecule has 18 nitrogen and oxygen atoms in total. The lowest BCUT2D eigenvalue weighted by Gasteiger charge is -2.50. The van der Waals surface area contributed by atoms with E-state index in [4.69, 9.17) is 36.1 Å². The minimum Gasteiger partial charge on any atom is -0.478 e. The van der Waals surface area contributed by atoms with Crippen LogP contribution in [0.15, 0.2) is 47.5 Å². The molecule has 0 aliphatic carbocycles. The second-order valence-corrected chi connectivity index (χ2v) is 17.4. The number of hydrogen-bond donors (Lipinski definition) is 3. The molecule has 4 aromatic heterocycles. The number of halogens is 1. The van der Waals surface area contributed by atoms with Gasteiger partial charge in [0.2, 0.25) is 17.8 Å². The molecule has 5 aromatic rings. The second-order valence-electron chi connectivity index (χ2n) is 17.0. The fourth-order valence-electron chi connectivity index (χ4n) is 9.53. The number of hydrogen-bond acceptors (Lipinski definition) is 14. The number of likely N-dealkylation sites (N-methyl/N-ethyl adjacent to an activating group) is 1. The minimum absolute atomic E-state index is 0.0524. The van der Waals surface area contributed by atoms with Crippen molar-refractivity contribution in [2.75, 3.05) is 74.7 Å². The normalized spacial score (nSPS) is 21.2. The van der Waals surface area contributed by atoms with E-state index < -0.39 is 5.92 Å². The van der Waals surface area contributed by atoms with Gasteiger partial charge < -0.3 is 29.9 Å². The average molecular weight is 867 g/mol. The number of aryl methyl sites for hydroxylation is 1. The number of para-hydroxylation sites is 1. The van der Waals surface area contributed by atoms with Crippen molar-refractivity contribution in [1.29, 1.82) is 0 Å². The number of ether oxygens (including phenoxy) is 2. The number of benzene rings is 1. The lowest BCUT2D eigenvalue weighted by Crippen LogP contribution is -2.65. The van der Waals surface area contributed by atoms with Crippen LogP contribution in [0.1, 0.15) is 57.2 Å². The van der Waals surface area contributed by atoms with Crippen LogP contribution in [0.4, 0.5) is 23.1 Å². The molecule has 3 N–H and O–H groups in total. The van der Waals surface area contributed by atoms with Gasteiger partial charge in [0, 0.05) is 70.1 Å². The molecule has 4 saturated heterocycles. The Hall–Kier alpha value is -5.85. The van der Waals surface area contributed by atoms with Crippen molar-refractivity contribution >= 4 is 74.4 Å². The molecule has 4 aliphatic rings. The predicted molar refractivity (Wildman–Crippen MR) is 234 cm³/mol. The maximum Gasteiger partial charge on any atom is 0.294 e. The summed E-state index contributed by atoms with van der Waals surface area (Å²) >= 11 is 6.69. The van der Waals surface area contributed by atoms with Gasteiger partial charge >= 0.3 is 0 Å². The standard InChI is InChI=1S/C43H51ClN12O6/c1-24(2)55-40-26(15-34(42(55)60)62-23-36(58)45-3)14-27(16-46-40)48-39-32(44)17-47-43(50-39)56-28-19-53(20-29(56)22-61-21-28)18-25-10-12-54(13-11-25)33-7-5-6-30-37(51-52(4)38(30)33)31-8-9-35(57)49-41(31)59/h5-7,14-17,24-25,28-29,31H,8-13,18-23H2,1-4H3,(H,45,58)(H,47,48,50)(H,49,57,59). The van der Waals surface area contributed by atoms with Crippen molar-refractivity contribution in [3.63, 3.8) is 0 Å². The van der Waals surface area contributed by atoms with E-state index in [2.05, 4.69) is 41.7 Å². The van der Waals surface area contributed by atoms with Crippen molar-refractivity contribution in [1.82, 2.24) is 44.8 Å². The molecule has 2 bridgehead atoms. The Kier molecular flexibility index (Phi) is 11.5. The number of anilines is 4. The van der Waals surface area contributed by atoms with Crippen LogP contribution in [0.25, 0.3) is 21.9 Å². The number of carbonyl (C=O) groups is 3. The van der Waals surface area contributed by atoms with Gasteiger partial charge in [-0.15, -0.1) is 0 Å². The van der Waals surface area contributed by atoms with Crippen LogP contribution in [0.3, 0.4) is 0 Å². The summed E-state index contributed by atoms with van der Waals surface area (Å²) in [6.07, 6.45) is 6.14. The minimum atomic E-state index is -0.436. The van der Waals surface area contributed by atoms with E-state index in [0.717, 1.165) is 67.8 Å². The first-order valence-corrected chi connectivity index (χ1v) is 21.6. The molecule has 4 fully saturated rings. The topological polar surface area (TPSA) is 194 Å². The maximum absolute atomic E-state index is 13.3. The number of fused-ring (bicyclic) bond motifs is 4. The summed E-state index contributed by atoms with van der Waals surface area (Å²) < 4.78 is 15.1. The van der Waals surface area contributed by atoms with Crippen LogP contribution in [-0.2, 0) is 26.2 Å². The molecular formula is C43H51ClN12O6. The zero-order valence-corrected chi connectivity index (χ0v) is 36.0. The number of morpholine rings is 1. The van der Waals surface area contributed by atoms with Crippen LogP contribution in [0.5, 0.6) is 5.75 Å². The quantitative estimate of drug-likeness (QED) is 0.163. The lowest BCUT2D eigenvalue weighted by atomic mass is 9.92. The average Bonchev–Trinajstić information content (AvgIpc) is 3.59. The molecule has 19 heteroatoms. The van der Waals surface area contributed by atoms with Crippen LogP contribution < -0.4 is 36.0 Å². The van der Waals surface area contributed by atoms with E-state index >= 15 is 0 Å². The van der Waals surface area contributed by atoms with Gasteiger partial charge in [-0.2, -0.15) is 10.1 Å². The van der Waals surface area contributed by atoms with E-state index in [1.165, 1.54) is 7.05 Å². The largest absolute Gasteiger partial charge is 0.478 e. The zero-order chi connectivity index (χ0) is 43.2. The van der Waals surface area contributed by atoms with Crippen molar-refractivity contribution < 1.29 is 23.9 Å². The second kappa shape index (κ2) is 17.1. The Balaban J connectivity index is 0.861. The SMILES string of the molecule is CNC(=O)COc1cc2cc(Nc3nc(N4C5COCC4CN(CC4CCN(c6cccc7c(C8CCC(=O)NC8=O)nn(C)c67)CC4)C5)ncc3Cl)cnc2n(C(C)C)c1=O. The van der Waals surface area contributed by atoms with Gasteiger partial charge in [-0.1, -0.05) is 23.7 Å². The fourth-order valence-corrected chi connectivity index (χ4v) is 9.67. The third kappa shape index (κ3) is 8.01. The number of carbonyl (C=O) groups excluding carboxylic acids is 3. The Morgan fingerprint density at radius 3 is 2.55 bits per heavy atom. The van der Waals surface area contributed by atoms with Crippen molar-refractivity contribution in [3.05, 3.63) is 63.8 Å². The number of nitrogens with zero attached hydrogens (tertiary/aromatic N) is 9. The highest BCUT2D eigenvalue weighted by molar-refractivity contribution is 6.33. The molecule has 0 saturated carbocycles. The first-order chi connectivity index (χ1) is 29.9. The molecule has 0 spiro atoms. The number of imide groups is 1. The molecule has 326 valence electrons. The Morgan fingerprint density at radius 1 is 1.05 bits per heavy atom. The third-order valence-corrected chi connectivity index (χ3v) is 12.8. The highest BCUT2D eigenvalue weighted by Gasteiger charge is 2.41. The molecule has 0 radical (unpaired) electrons. The number of aromatic nitrogens is 6. The molecule has 8 heterocycles. The Labute approximate surface area is 362 Å². The Bertz CT molecular complexity index is 2590. The number of amides is 3. The van der Waals surface area contributed by atoms with Gasteiger partial charge in [0.15, 0.2) is 18.2 Å². The molecule has 3 unspecified atom stereocenters. The van der Waals surface area contributed by atoms with E-state index in [0.29, 0.717) is 65.5 Å². The molecule has 3 atom stereocenters. The van der Waals surface area contributed by atoms with E-state index in [9.17, 15) is 19.2 Å². The van der Waals surface area contributed by atoms with E-state index in [1.807, 2.05) is 43.8 Å². The number of nitrogens with one attached hydrogen (secondary N) is 3. The smallest absolute Gasteiger partial charge is 0.294 e. The summed E-state index contributed by atoms with van der Waals surface area (Å²) in [5.41, 5.74) is 3.59. The van der Waals surface area contributed by atoms with Crippen LogP contribution >= 0.6 is 11.6 Å². The van der Waals surface area contributed by atoms with Gasteiger partial charge in [0.1, 0.15) is 10.7 Å². The lowest BCUT2D eigenvalue weighted by molar-refractivity contribution is -0.134. The van der Waals surface area contributed by atoms with Gasteiger partial charge in [0.25, 0.3) is 11.5 Å². The number of piperazine rings is 1. The van der Waals surface area contributed by atoms with Crippen molar-refractivity contribution in [2.24, 2.45) is 13.0 Å². The predicted octanol–water partition coefficient (Wildman–Crippen LogP) is 3.50. The number of rotatable bonds is 11. The van der Waals surface area contributed by atoms with Gasteiger partial charge in [-0.25, -0.2) is 9.97 Å². The summed E-state index contributed by atoms with van der Waals surface area (Å²) in [7, 11) is 3.44. The molecule has 1 aromatic carbocycles. The van der Waals surface area contributed by atoms with Crippen molar-refractivity contribution in [3.8, 4) is 5.75 Å². The number of piperidine rings is 2. The van der Waals surface area contributed by atoms with Gasteiger partial charge in [-0.05, 0) is 57.2 Å². The summed E-state index contributed by atoms with van der Waals surface area (Å²) in [6, 6.07) is 9.57. The molecule has 62 heavy (non-hydrogen) atoms. The van der Waals surface area contributed by atoms with E-state index in [-0.39, 0.29) is 53.8 Å². The highest BCUT2D eigenvalue weighted by Crippen LogP contribution is 2.37. The summed E-state index contributed by atoms with van der Waals surface area (Å²) in [4.78, 5) is 71.3. The van der Waals surface area contributed by atoms with E-state index in [1.54, 1.807) is 23.0 Å². The first-order valence-electron chi connectivity index (χ1n) is 21.3. The molecule has 3 amide bonds. The van der Waals surface area contributed by atoms with Crippen LogP contribution in [-0.4, -0.2) is 124 Å². The maximum atomic E-state index is 13.3. The fraction of sp³-hybridized carbons (Fsp3) is 0.488. The zero-order valence-electron chi connectivity index (χ0n) is 35.3. The summed E-state index contributed by atoms with van der Waals surface area (Å²) in [5.74, 6) is 0.302. The van der Waals surface area contributed by atoms with Gasteiger partial charge in [0.05, 0.1) is 66.2 Å². The third-order valence-electron chi connectivity index (χ3n) is 12.5. The first kappa shape index (κ1) is 41.5. The summed E-state index contributed by atoms with van der Waals surface area (Å²) in [6.45, 7) is 9.09.